The first kappa shape index (κ1) is 20.9. The normalized spacial score (nSPS) is 21.0. The molecule has 1 aliphatic rings. The second-order valence-corrected chi connectivity index (χ2v) is 6.74. The molecule has 0 saturated carbocycles. The summed E-state index contributed by atoms with van der Waals surface area (Å²) in [4.78, 5) is 24.2. The number of aliphatic carboxylic acids is 1. The number of benzene rings is 1. The summed E-state index contributed by atoms with van der Waals surface area (Å²) in [5, 5.41) is 11.7. The molecule has 27 heavy (non-hydrogen) atoms. The van der Waals surface area contributed by atoms with Gasteiger partial charge in [-0.15, -0.1) is 0 Å². The summed E-state index contributed by atoms with van der Waals surface area (Å²) in [6.07, 6.45) is -3.39. The van der Waals surface area contributed by atoms with E-state index in [-0.39, 0.29) is 6.04 Å². The Kier molecular flexibility index (Phi) is 6.56. The van der Waals surface area contributed by atoms with Gasteiger partial charge in [0.25, 0.3) is 0 Å². The Morgan fingerprint density at radius 1 is 1.30 bits per heavy atom. The molecular weight excluding hydrogens is 365 g/mol. The van der Waals surface area contributed by atoms with E-state index < -0.39 is 43.1 Å². The minimum absolute atomic E-state index is 0.271. The second-order valence-electron chi connectivity index (χ2n) is 6.74. The molecule has 6 nitrogen and oxygen atoms in total. The quantitative estimate of drug-likeness (QED) is 0.786. The Labute approximate surface area is 155 Å². The molecule has 2 rings (SSSR count). The van der Waals surface area contributed by atoms with Gasteiger partial charge in [0.05, 0.1) is 18.9 Å². The van der Waals surface area contributed by atoms with E-state index in [2.05, 4.69) is 5.32 Å². The number of ether oxygens (including phenoxy) is 1. The van der Waals surface area contributed by atoms with Crippen LogP contribution in [0.15, 0.2) is 24.3 Å². The van der Waals surface area contributed by atoms with Crippen molar-refractivity contribution in [3.8, 4) is 5.75 Å². The maximum absolute atomic E-state index is 13.0. The van der Waals surface area contributed by atoms with E-state index in [1.807, 2.05) is 24.3 Å². The minimum Gasteiger partial charge on any atom is -0.497 e. The van der Waals surface area contributed by atoms with E-state index in [9.17, 15) is 22.8 Å². The summed E-state index contributed by atoms with van der Waals surface area (Å²) in [5.41, 5.74) is 1.04. The molecule has 0 radical (unpaired) electrons. The molecule has 150 valence electrons. The third-order valence-electron chi connectivity index (χ3n) is 4.74. The first-order valence-corrected chi connectivity index (χ1v) is 8.59. The highest BCUT2D eigenvalue weighted by atomic mass is 19.4. The zero-order valence-corrected chi connectivity index (χ0v) is 15.1. The predicted octanol–water partition coefficient (Wildman–Crippen LogP) is 2.92. The number of carbonyl (C=O) groups excluding carboxylic acids is 1. The number of aryl methyl sites for hydroxylation is 1. The van der Waals surface area contributed by atoms with Gasteiger partial charge in [0.1, 0.15) is 5.75 Å². The number of rotatable bonds is 6. The lowest BCUT2D eigenvalue weighted by Gasteiger charge is -2.21. The van der Waals surface area contributed by atoms with Crippen LogP contribution in [0.3, 0.4) is 0 Å². The monoisotopic (exact) mass is 388 g/mol. The van der Waals surface area contributed by atoms with Crippen LogP contribution in [0.25, 0.3) is 0 Å². The summed E-state index contributed by atoms with van der Waals surface area (Å²) in [6.45, 7) is 0.668. The predicted molar refractivity (Wildman–Crippen MR) is 91.6 cm³/mol. The molecule has 0 spiro atoms. The van der Waals surface area contributed by atoms with E-state index in [0.29, 0.717) is 12.8 Å². The van der Waals surface area contributed by atoms with Gasteiger partial charge in [0.15, 0.2) is 0 Å². The summed E-state index contributed by atoms with van der Waals surface area (Å²) >= 11 is 0. The largest absolute Gasteiger partial charge is 0.497 e. The molecule has 1 aromatic carbocycles. The molecule has 3 atom stereocenters. The number of hydrogen-bond donors (Lipinski definition) is 2. The van der Waals surface area contributed by atoms with Crippen molar-refractivity contribution in [3.63, 3.8) is 0 Å². The van der Waals surface area contributed by atoms with E-state index >= 15 is 0 Å². The van der Waals surface area contributed by atoms with E-state index in [1.165, 1.54) is 0 Å². The molecule has 1 fully saturated rings. The Hall–Kier alpha value is -2.45. The zero-order valence-electron chi connectivity index (χ0n) is 15.1. The summed E-state index contributed by atoms with van der Waals surface area (Å²) in [7, 11) is 1.57. The average molecular weight is 388 g/mol. The molecular formula is C18H23F3N2O4. The lowest BCUT2D eigenvalue weighted by atomic mass is 9.96. The Balaban J connectivity index is 1.87. The van der Waals surface area contributed by atoms with Crippen LogP contribution in [0, 0.1) is 11.8 Å². The number of hydrogen-bond acceptors (Lipinski definition) is 3. The summed E-state index contributed by atoms with van der Waals surface area (Å²) < 4.78 is 44.1. The Morgan fingerprint density at radius 3 is 2.41 bits per heavy atom. The number of alkyl halides is 3. The molecule has 0 aliphatic carbocycles. The number of urea groups is 1. The number of halogens is 3. The fraction of sp³-hybridized carbons (Fsp3) is 0.556. The van der Waals surface area contributed by atoms with E-state index in [4.69, 9.17) is 9.84 Å². The number of carbonyl (C=O) groups is 2. The van der Waals surface area contributed by atoms with E-state index in [1.54, 1.807) is 14.0 Å². The number of likely N-dealkylation sites (tertiary alicyclic amines) is 1. The van der Waals surface area contributed by atoms with Gasteiger partial charge in [0, 0.05) is 19.1 Å². The van der Waals surface area contributed by atoms with Crippen molar-refractivity contribution in [3.05, 3.63) is 29.8 Å². The molecule has 1 saturated heterocycles. The SMILES string of the molecule is COc1ccc(CCC(C)NC(=O)N2C[C@@H](C(F)(F)F)[C@H](C(=O)O)C2)cc1. The van der Waals surface area contributed by atoms with Crippen LogP contribution in [0.4, 0.5) is 18.0 Å². The lowest BCUT2D eigenvalue weighted by Crippen LogP contribution is -2.43. The third kappa shape index (κ3) is 5.51. The van der Waals surface area contributed by atoms with Gasteiger partial charge in [0.2, 0.25) is 0 Å². The lowest BCUT2D eigenvalue weighted by molar-refractivity contribution is -0.187. The number of methoxy groups -OCH3 is 1. The summed E-state index contributed by atoms with van der Waals surface area (Å²) in [6, 6.07) is 6.51. The number of amides is 2. The first-order chi connectivity index (χ1) is 12.6. The van der Waals surface area contributed by atoms with Gasteiger partial charge in [-0.2, -0.15) is 13.2 Å². The van der Waals surface area contributed by atoms with Crippen LogP contribution in [0.5, 0.6) is 5.75 Å². The van der Waals surface area contributed by atoms with Crippen molar-refractivity contribution < 1.29 is 32.6 Å². The smallest absolute Gasteiger partial charge is 0.394 e. The van der Waals surface area contributed by atoms with Crippen molar-refractivity contribution in [2.75, 3.05) is 20.2 Å². The van der Waals surface area contributed by atoms with Crippen molar-refractivity contribution in [1.82, 2.24) is 10.2 Å². The van der Waals surface area contributed by atoms with Gasteiger partial charge in [-0.05, 0) is 37.5 Å². The fourth-order valence-electron chi connectivity index (χ4n) is 3.10. The average Bonchev–Trinajstić information content (AvgIpc) is 3.06. The maximum atomic E-state index is 13.0. The standard InChI is InChI=1S/C18H23F3N2O4/c1-11(3-4-12-5-7-13(27-2)8-6-12)22-17(26)23-9-14(16(24)25)15(10-23)18(19,20)21/h5-8,11,14-15H,3-4,9-10H2,1-2H3,(H,22,26)(H,24,25)/t11?,14-,15-/m1/s1. The molecule has 0 aromatic heterocycles. The molecule has 2 N–H and O–H groups in total. The first-order valence-electron chi connectivity index (χ1n) is 8.59. The maximum Gasteiger partial charge on any atom is 0.394 e. The Morgan fingerprint density at radius 2 is 1.93 bits per heavy atom. The number of carboxylic acids is 1. The van der Waals surface area contributed by atoms with Crippen LogP contribution in [-0.4, -0.2) is 54.4 Å². The van der Waals surface area contributed by atoms with Crippen LogP contribution in [-0.2, 0) is 11.2 Å². The second kappa shape index (κ2) is 8.49. The minimum atomic E-state index is -4.65. The van der Waals surface area contributed by atoms with Crippen molar-refractivity contribution in [2.45, 2.75) is 32.0 Å². The molecule has 0 bridgehead atoms. The van der Waals surface area contributed by atoms with E-state index in [0.717, 1.165) is 16.2 Å². The molecule has 1 unspecified atom stereocenters. The topological polar surface area (TPSA) is 78.9 Å². The highest BCUT2D eigenvalue weighted by molar-refractivity contribution is 5.78. The molecule has 2 amide bonds. The van der Waals surface area contributed by atoms with Crippen LogP contribution in [0.1, 0.15) is 18.9 Å². The van der Waals surface area contributed by atoms with Crippen LogP contribution in [0.2, 0.25) is 0 Å². The van der Waals surface area contributed by atoms with Crippen molar-refractivity contribution in [2.24, 2.45) is 11.8 Å². The number of nitrogens with one attached hydrogen (secondary N) is 1. The van der Waals surface area contributed by atoms with Gasteiger partial charge < -0.3 is 20.1 Å². The number of nitrogens with zero attached hydrogens (tertiary/aromatic N) is 1. The van der Waals surface area contributed by atoms with Gasteiger partial charge in [-0.3, -0.25) is 4.79 Å². The molecule has 1 aromatic rings. The van der Waals surface area contributed by atoms with Crippen LogP contribution >= 0.6 is 0 Å². The van der Waals surface area contributed by atoms with Crippen LogP contribution < -0.4 is 10.1 Å². The van der Waals surface area contributed by atoms with Crippen molar-refractivity contribution >= 4 is 12.0 Å². The molecule has 9 heteroatoms. The molecule has 1 aliphatic heterocycles. The third-order valence-corrected chi connectivity index (χ3v) is 4.74. The highest BCUT2D eigenvalue weighted by Gasteiger charge is 2.53. The van der Waals surface area contributed by atoms with Crippen molar-refractivity contribution in [1.29, 1.82) is 0 Å². The van der Waals surface area contributed by atoms with Gasteiger partial charge in [-0.25, -0.2) is 4.79 Å². The number of carboxylic acid groups (broad SMARTS) is 1. The summed E-state index contributed by atoms with van der Waals surface area (Å²) in [5.74, 6) is -4.48. The molecule has 1 heterocycles. The Bertz CT molecular complexity index is 664. The highest BCUT2D eigenvalue weighted by Crippen LogP contribution is 2.37. The fourth-order valence-corrected chi connectivity index (χ4v) is 3.10. The van der Waals surface area contributed by atoms with Gasteiger partial charge in [-0.1, -0.05) is 12.1 Å². The zero-order chi connectivity index (χ0) is 20.2. The van der Waals surface area contributed by atoms with Gasteiger partial charge >= 0.3 is 18.2 Å².